The lowest BCUT2D eigenvalue weighted by atomic mass is 10.0. The van der Waals surface area contributed by atoms with E-state index in [4.69, 9.17) is 14.2 Å². The van der Waals surface area contributed by atoms with E-state index in [0.29, 0.717) is 19.3 Å². The van der Waals surface area contributed by atoms with E-state index >= 15 is 0 Å². The van der Waals surface area contributed by atoms with Crippen LogP contribution in [0.2, 0.25) is 0 Å². The highest BCUT2D eigenvalue weighted by Gasteiger charge is 2.19. The van der Waals surface area contributed by atoms with E-state index in [-0.39, 0.29) is 37.5 Å². The van der Waals surface area contributed by atoms with Gasteiger partial charge in [0.2, 0.25) is 0 Å². The van der Waals surface area contributed by atoms with Crippen LogP contribution in [0.4, 0.5) is 0 Å². The Hall–Kier alpha value is -2.89. The summed E-state index contributed by atoms with van der Waals surface area (Å²) in [5, 5.41) is 0. The number of allylic oxidation sites excluding steroid dienone is 10. The molecule has 68 heavy (non-hydrogen) atoms. The fourth-order valence-electron chi connectivity index (χ4n) is 8.31. The maximum absolute atomic E-state index is 12.9. The van der Waals surface area contributed by atoms with Crippen molar-refractivity contribution >= 4 is 17.9 Å². The number of hydrogen-bond acceptors (Lipinski definition) is 6. The van der Waals surface area contributed by atoms with Crippen LogP contribution >= 0.6 is 0 Å². The van der Waals surface area contributed by atoms with Crippen LogP contribution in [0.1, 0.15) is 297 Å². The molecule has 0 fully saturated rings. The lowest BCUT2D eigenvalue weighted by molar-refractivity contribution is -0.167. The van der Waals surface area contributed by atoms with Gasteiger partial charge in [-0.15, -0.1) is 0 Å². The molecular weight excluding hydrogens is 841 g/mol. The first-order valence-electron chi connectivity index (χ1n) is 29.3. The smallest absolute Gasteiger partial charge is 0.306 e. The molecule has 0 aliphatic rings. The summed E-state index contributed by atoms with van der Waals surface area (Å²) in [5.41, 5.74) is 0. The second-order valence-corrected chi connectivity index (χ2v) is 19.6. The molecule has 0 radical (unpaired) electrons. The molecule has 0 aromatic heterocycles. The Balaban J connectivity index is 4.44. The van der Waals surface area contributed by atoms with Crippen molar-refractivity contribution in [3.63, 3.8) is 0 Å². The summed E-state index contributed by atoms with van der Waals surface area (Å²) in [6.07, 6.45) is 70.7. The van der Waals surface area contributed by atoms with Crippen molar-refractivity contribution < 1.29 is 28.6 Å². The topological polar surface area (TPSA) is 78.9 Å². The SMILES string of the molecule is CCCCC/C=C/C/C=C/C/C=C/C/C=C/CCCC(=O)OC[C@@H](COC(=O)CCCCCCCCCCCCCCCCCC)OC(=O)CCCCCCCCC/C=C/CCCCCCCC. The molecule has 0 heterocycles. The fraction of sp³-hybridized carbons (Fsp3) is 0.790. The minimum absolute atomic E-state index is 0.0901. The van der Waals surface area contributed by atoms with Gasteiger partial charge >= 0.3 is 17.9 Å². The van der Waals surface area contributed by atoms with Gasteiger partial charge in [0.05, 0.1) is 0 Å². The van der Waals surface area contributed by atoms with Crippen LogP contribution in [0.5, 0.6) is 0 Å². The molecule has 0 amide bonds. The van der Waals surface area contributed by atoms with E-state index < -0.39 is 6.10 Å². The monoisotopic (exact) mass is 951 g/mol. The van der Waals surface area contributed by atoms with Crippen LogP contribution in [0.3, 0.4) is 0 Å². The number of carbonyl (C=O) groups is 3. The average molecular weight is 952 g/mol. The van der Waals surface area contributed by atoms with Crippen LogP contribution in [0, 0.1) is 0 Å². The van der Waals surface area contributed by atoms with Crippen molar-refractivity contribution in [3.05, 3.63) is 60.8 Å². The number of ether oxygens (including phenoxy) is 3. The highest BCUT2D eigenvalue weighted by molar-refractivity contribution is 5.71. The van der Waals surface area contributed by atoms with Crippen LogP contribution in [-0.4, -0.2) is 37.2 Å². The molecule has 394 valence electrons. The van der Waals surface area contributed by atoms with Gasteiger partial charge in [-0.1, -0.05) is 255 Å². The van der Waals surface area contributed by atoms with Gasteiger partial charge in [-0.05, 0) is 83.5 Å². The first-order valence-corrected chi connectivity index (χ1v) is 29.3. The normalized spacial score (nSPS) is 12.5. The Morgan fingerprint density at radius 2 is 0.544 bits per heavy atom. The molecular formula is C62H110O6. The molecule has 0 rings (SSSR count). The van der Waals surface area contributed by atoms with E-state index in [1.54, 1.807) is 0 Å². The molecule has 0 aliphatic carbocycles. The van der Waals surface area contributed by atoms with Crippen LogP contribution in [0.25, 0.3) is 0 Å². The van der Waals surface area contributed by atoms with Gasteiger partial charge in [-0.3, -0.25) is 14.4 Å². The zero-order valence-corrected chi connectivity index (χ0v) is 45.1. The van der Waals surface area contributed by atoms with E-state index in [9.17, 15) is 14.4 Å². The van der Waals surface area contributed by atoms with Gasteiger partial charge in [0.1, 0.15) is 13.2 Å². The number of rotatable bonds is 53. The summed E-state index contributed by atoms with van der Waals surface area (Å²) in [5.74, 6) is -0.940. The van der Waals surface area contributed by atoms with Crippen LogP contribution < -0.4 is 0 Å². The number of carbonyl (C=O) groups excluding carboxylic acids is 3. The fourth-order valence-corrected chi connectivity index (χ4v) is 8.31. The molecule has 0 spiro atoms. The zero-order chi connectivity index (χ0) is 49.3. The number of hydrogen-bond donors (Lipinski definition) is 0. The first kappa shape index (κ1) is 65.1. The number of unbranched alkanes of at least 4 members (excludes halogenated alkanes) is 32. The van der Waals surface area contributed by atoms with Crippen molar-refractivity contribution in [2.45, 2.75) is 303 Å². The zero-order valence-electron chi connectivity index (χ0n) is 45.1. The van der Waals surface area contributed by atoms with E-state index in [2.05, 4.69) is 81.5 Å². The average Bonchev–Trinajstić information content (AvgIpc) is 3.34. The molecule has 0 N–H and O–H groups in total. The minimum atomic E-state index is -0.797. The lowest BCUT2D eigenvalue weighted by Gasteiger charge is -2.18. The second kappa shape index (κ2) is 56.7. The van der Waals surface area contributed by atoms with Gasteiger partial charge < -0.3 is 14.2 Å². The number of esters is 3. The summed E-state index contributed by atoms with van der Waals surface area (Å²) in [4.78, 5) is 38.2. The molecule has 1 atom stereocenters. The third-order valence-corrected chi connectivity index (χ3v) is 12.7. The van der Waals surface area contributed by atoms with Crippen molar-refractivity contribution in [2.75, 3.05) is 13.2 Å². The van der Waals surface area contributed by atoms with Gasteiger partial charge in [0.15, 0.2) is 6.10 Å². The molecule has 6 nitrogen and oxygen atoms in total. The maximum atomic E-state index is 12.9. The Bertz CT molecular complexity index is 1230. The third kappa shape index (κ3) is 54.1. The van der Waals surface area contributed by atoms with Crippen molar-refractivity contribution in [1.82, 2.24) is 0 Å². The predicted octanol–water partition coefficient (Wildman–Crippen LogP) is 19.6. The van der Waals surface area contributed by atoms with Gasteiger partial charge in [-0.2, -0.15) is 0 Å². The molecule has 0 aromatic carbocycles. The van der Waals surface area contributed by atoms with E-state index in [1.807, 2.05) is 0 Å². The quantitative estimate of drug-likeness (QED) is 0.0262. The third-order valence-electron chi connectivity index (χ3n) is 12.7. The Morgan fingerprint density at radius 1 is 0.294 bits per heavy atom. The Kier molecular flexibility index (Phi) is 54.3. The molecule has 6 heteroatoms. The second-order valence-electron chi connectivity index (χ2n) is 19.6. The standard InChI is InChI=1S/C62H110O6/c1-4-7-10-13-16-19-22-25-28-31-34-37-40-43-46-49-52-55-61(64)67-58-59(57-66-60(63)54-51-48-45-42-39-36-33-30-27-24-21-18-15-12-9-6-3)68-62(65)56-53-50-47-44-41-38-35-32-29-26-23-20-17-14-11-8-5-2/h16,19,25-26,28-29,34,37,43,46,59H,4-15,17-18,20-24,27,30-33,35-36,38-42,44-45,47-58H2,1-3H3/b19-16+,28-25+,29-26+,37-34+,46-43+/t59-/m1/s1. The first-order chi connectivity index (χ1) is 33.5. The van der Waals surface area contributed by atoms with E-state index in [1.165, 1.54) is 186 Å². The molecule has 0 aliphatic heterocycles. The van der Waals surface area contributed by atoms with Crippen molar-refractivity contribution in [1.29, 1.82) is 0 Å². The Morgan fingerprint density at radius 3 is 0.926 bits per heavy atom. The van der Waals surface area contributed by atoms with Crippen LogP contribution in [0.15, 0.2) is 60.8 Å². The highest BCUT2D eigenvalue weighted by atomic mass is 16.6. The molecule has 0 saturated heterocycles. The maximum Gasteiger partial charge on any atom is 0.306 e. The van der Waals surface area contributed by atoms with Crippen LogP contribution in [-0.2, 0) is 28.6 Å². The summed E-state index contributed by atoms with van der Waals surface area (Å²) in [7, 11) is 0. The van der Waals surface area contributed by atoms with Gasteiger partial charge in [0, 0.05) is 19.3 Å². The van der Waals surface area contributed by atoms with E-state index in [0.717, 1.165) is 64.2 Å². The molecule has 0 bridgehead atoms. The molecule has 0 unspecified atom stereocenters. The summed E-state index contributed by atoms with van der Waals surface area (Å²) < 4.78 is 16.8. The highest BCUT2D eigenvalue weighted by Crippen LogP contribution is 2.16. The predicted molar refractivity (Wildman–Crippen MR) is 293 cm³/mol. The summed E-state index contributed by atoms with van der Waals surface area (Å²) in [6, 6.07) is 0. The molecule has 0 saturated carbocycles. The van der Waals surface area contributed by atoms with Crippen molar-refractivity contribution in [3.8, 4) is 0 Å². The lowest BCUT2D eigenvalue weighted by Crippen LogP contribution is -2.30. The van der Waals surface area contributed by atoms with Gasteiger partial charge in [0.25, 0.3) is 0 Å². The Labute approximate surface area is 421 Å². The minimum Gasteiger partial charge on any atom is -0.462 e. The summed E-state index contributed by atoms with van der Waals surface area (Å²) in [6.45, 7) is 6.59. The van der Waals surface area contributed by atoms with Gasteiger partial charge in [-0.25, -0.2) is 0 Å². The summed E-state index contributed by atoms with van der Waals surface area (Å²) >= 11 is 0. The van der Waals surface area contributed by atoms with Crippen molar-refractivity contribution in [2.24, 2.45) is 0 Å². The molecule has 0 aromatic rings. The largest absolute Gasteiger partial charge is 0.462 e.